The van der Waals surface area contributed by atoms with Gasteiger partial charge < -0.3 is 14.8 Å². The SMILES string of the molecule is COc1cc(/C=C/c2nc3c(ccc4ccccc43)s2)ccc1OCC(=O)Nc1c(C)cc(C)cc1C. The van der Waals surface area contributed by atoms with E-state index in [0.29, 0.717) is 11.5 Å². The summed E-state index contributed by atoms with van der Waals surface area (Å²) in [6, 6.07) is 22.3. The summed E-state index contributed by atoms with van der Waals surface area (Å²) in [5, 5.41) is 6.25. The maximum Gasteiger partial charge on any atom is 0.262 e. The molecule has 0 aliphatic heterocycles. The predicted molar refractivity (Wildman–Crippen MR) is 154 cm³/mol. The van der Waals surface area contributed by atoms with Crippen molar-refractivity contribution >= 4 is 56.1 Å². The molecule has 1 N–H and O–H groups in total. The molecular weight excluding hydrogens is 480 g/mol. The average Bonchev–Trinajstić information content (AvgIpc) is 3.32. The number of benzene rings is 4. The molecular formula is C31H28N2O3S. The molecule has 37 heavy (non-hydrogen) atoms. The van der Waals surface area contributed by atoms with Crippen LogP contribution in [0.1, 0.15) is 27.3 Å². The number of thiazole rings is 1. The summed E-state index contributed by atoms with van der Waals surface area (Å²) in [5.41, 5.74) is 6.03. The molecule has 5 rings (SSSR count). The highest BCUT2D eigenvalue weighted by Crippen LogP contribution is 2.32. The van der Waals surface area contributed by atoms with E-state index in [1.807, 2.05) is 63.3 Å². The van der Waals surface area contributed by atoms with Gasteiger partial charge in [-0.2, -0.15) is 0 Å². The van der Waals surface area contributed by atoms with Crippen molar-refractivity contribution in [1.82, 2.24) is 4.98 Å². The molecule has 1 aromatic heterocycles. The summed E-state index contributed by atoms with van der Waals surface area (Å²) < 4.78 is 12.5. The quantitative estimate of drug-likeness (QED) is 0.246. The van der Waals surface area contributed by atoms with Crippen molar-refractivity contribution in [3.63, 3.8) is 0 Å². The number of anilines is 1. The van der Waals surface area contributed by atoms with Gasteiger partial charge in [-0.05, 0) is 67.1 Å². The van der Waals surface area contributed by atoms with E-state index in [2.05, 4.69) is 41.7 Å². The van der Waals surface area contributed by atoms with Crippen LogP contribution in [0.4, 0.5) is 5.69 Å². The largest absolute Gasteiger partial charge is 0.493 e. The first kappa shape index (κ1) is 24.5. The van der Waals surface area contributed by atoms with E-state index >= 15 is 0 Å². The fraction of sp³-hybridized carbons (Fsp3) is 0.161. The number of amides is 1. The Hall–Kier alpha value is -4.16. The van der Waals surface area contributed by atoms with Crippen LogP contribution in [0.25, 0.3) is 33.1 Å². The number of nitrogens with one attached hydrogen (secondary N) is 1. The van der Waals surface area contributed by atoms with Gasteiger partial charge in [-0.15, -0.1) is 11.3 Å². The minimum absolute atomic E-state index is 0.113. The van der Waals surface area contributed by atoms with Crippen molar-refractivity contribution in [2.45, 2.75) is 20.8 Å². The Balaban J connectivity index is 1.28. The Bertz CT molecular complexity index is 1630. The fourth-order valence-corrected chi connectivity index (χ4v) is 5.41. The second kappa shape index (κ2) is 10.4. The Morgan fingerprint density at radius 3 is 2.51 bits per heavy atom. The lowest BCUT2D eigenvalue weighted by Gasteiger charge is -2.14. The van der Waals surface area contributed by atoms with Crippen LogP contribution in [0.5, 0.6) is 11.5 Å². The van der Waals surface area contributed by atoms with E-state index in [0.717, 1.165) is 43.0 Å². The van der Waals surface area contributed by atoms with Crippen LogP contribution in [0, 0.1) is 20.8 Å². The molecule has 0 atom stereocenters. The van der Waals surface area contributed by atoms with Gasteiger partial charge in [0, 0.05) is 11.1 Å². The lowest BCUT2D eigenvalue weighted by Crippen LogP contribution is -2.21. The van der Waals surface area contributed by atoms with Gasteiger partial charge in [0.25, 0.3) is 5.91 Å². The zero-order valence-electron chi connectivity index (χ0n) is 21.3. The number of methoxy groups -OCH3 is 1. The number of carbonyl (C=O) groups excluding carboxylic acids is 1. The highest BCUT2D eigenvalue weighted by molar-refractivity contribution is 7.19. The second-order valence-corrected chi connectivity index (χ2v) is 10.1. The number of hydrogen-bond acceptors (Lipinski definition) is 5. The van der Waals surface area contributed by atoms with Crippen LogP contribution < -0.4 is 14.8 Å². The smallest absolute Gasteiger partial charge is 0.262 e. The minimum Gasteiger partial charge on any atom is -0.493 e. The molecule has 4 aromatic carbocycles. The molecule has 6 heteroatoms. The van der Waals surface area contributed by atoms with Crippen molar-refractivity contribution in [1.29, 1.82) is 0 Å². The lowest BCUT2D eigenvalue weighted by atomic mass is 10.1. The maximum absolute atomic E-state index is 12.6. The number of aryl methyl sites for hydroxylation is 3. The van der Waals surface area contributed by atoms with Crippen molar-refractivity contribution in [2.24, 2.45) is 0 Å². The Labute approximate surface area is 220 Å². The monoisotopic (exact) mass is 508 g/mol. The third-order valence-corrected chi connectivity index (χ3v) is 7.19. The molecule has 1 heterocycles. The van der Waals surface area contributed by atoms with Crippen molar-refractivity contribution in [3.05, 3.63) is 94.0 Å². The zero-order valence-corrected chi connectivity index (χ0v) is 22.1. The summed E-state index contributed by atoms with van der Waals surface area (Å²) in [7, 11) is 1.59. The average molecular weight is 509 g/mol. The molecule has 5 nitrogen and oxygen atoms in total. The van der Waals surface area contributed by atoms with Crippen molar-refractivity contribution < 1.29 is 14.3 Å². The highest BCUT2D eigenvalue weighted by Gasteiger charge is 2.12. The third-order valence-electron chi connectivity index (χ3n) is 6.21. The Morgan fingerprint density at radius 2 is 1.73 bits per heavy atom. The highest BCUT2D eigenvalue weighted by atomic mass is 32.1. The summed E-state index contributed by atoms with van der Waals surface area (Å²) in [5.74, 6) is 0.857. The van der Waals surface area contributed by atoms with Gasteiger partial charge in [-0.3, -0.25) is 4.79 Å². The number of aromatic nitrogens is 1. The number of rotatable bonds is 7. The molecule has 0 aliphatic rings. The van der Waals surface area contributed by atoms with Crippen LogP contribution in [0.2, 0.25) is 0 Å². The van der Waals surface area contributed by atoms with E-state index in [1.165, 1.54) is 10.9 Å². The van der Waals surface area contributed by atoms with Crippen molar-refractivity contribution in [2.75, 3.05) is 19.0 Å². The van der Waals surface area contributed by atoms with Crippen LogP contribution >= 0.6 is 11.3 Å². The first-order valence-electron chi connectivity index (χ1n) is 12.1. The Morgan fingerprint density at radius 1 is 0.946 bits per heavy atom. The molecule has 0 bridgehead atoms. The molecule has 5 aromatic rings. The zero-order chi connectivity index (χ0) is 25.9. The molecule has 0 saturated heterocycles. The van der Waals surface area contributed by atoms with Gasteiger partial charge in [-0.1, -0.05) is 60.2 Å². The van der Waals surface area contributed by atoms with Crippen LogP contribution in [-0.2, 0) is 4.79 Å². The minimum atomic E-state index is -0.218. The van der Waals surface area contributed by atoms with E-state index in [1.54, 1.807) is 18.4 Å². The molecule has 186 valence electrons. The molecule has 1 amide bonds. The first-order chi connectivity index (χ1) is 17.9. The number of fused-ring (bicyclic) bond motifs is 3. The van der Waals surface area contributed by atoms with Crippen molar-refractivity contribution in [3.8, 4) is 11.5 Å². The molecule has 0 fully saturated rings. The van der Waals surface area contributed by atoms with Gasteiger partial charge in [0.2, 0.25) is 0 Å². The second-order valence-electron chi connectivity index (χ2n) is 9.04. The van der Waals surface area contributed by atoms with E-state index in [4.69, 9.17) is 14.5 Å². The van der Waals surface area contributed by atoms with E-state index in [9.17, 15) is 4.79 Å². The number of hydrogen-bond donors (Lipinski definition) is 1. The van der Waals surface area contributed by atoms with Gasteiger partial charge in [0.15, 0.2) is 18.1 Å². The standard InChI is InChI=1S/C31H28N2O3S/c1-19-15-20(2)30(21(3)16-19)32-28(34)18-36-25-12-9-22(17-26(25)35-4)10-14-29-33-31-24-8-6-5-7-23(24)11-13-27(31)37-29/h5-17H,18H2,1-4H3,(H,32,34)/b14-10+. The van der Waals surface area contributed by atoms with Crippen LogP contribution in [0.3, 0.4) is 0 Å². The normalized spacial score (nSPS) is 11.4. The van der Waals surface area contributed by atoms with Gasteiger partial charge in [0.1, 0.15) is 5.01 Å². The number of carbonyl (C=O) groups is 1. The molecule has 0 spiro atoms. The van der Waals surface area contributed by atoms with Crippen LogP contribution in [-0.4, -0.2) is 24.6 Å². The maximum atomic E-state index is 12.6. The summed E-state index contributed by atoms with van der Waals surface area (Å²) >= 11 is 1.66. The summed E-state index contributed by atoms with van der Waals surface area (Å²) in [6.07, 6.45) is 4.01. The number of ether oxygens (including phenoxy) is 2. The predicted octanol–water partition coefficient (Wildman–Crippen LogP) is 7.57. The molecule has 0 saturated carbocycles. The molecule has 0 radical (unpaired) electrons. The van der Waals surface area contributed by atoms with E-state index in [-0.39, 0.29) is 12.5 Å². The summed E-state index contributed by atoms with van der Waals surface area (Å²) in [4.78, 5) is 17.4. The third kappa shape index (κ3) is 5.34. The van der Waals surface area contributed by atoms with Gasteiger partial charge in [0.05, 0.1) is 17.3 Å². The van der Waals surface area contributed by atoms with E-state index < -0.39 is 0 Å². The topological polar surface area (TPSA) is 60.5 Å². The molecule has 0 unspecified atom stereocenters. The number of nitrogens with zero attached hydrogens (tertiary/aromatic N) is 1. The fourth-order valence-electron chi connectivity index (χ4n) is 4.52. The van der Waals surface area contributed by atoms with Gasteiger partial charge >= 0.3 is 0 Å². The summed E-state index contributed by atoms with van der Waals surface area (Å²) in [6.45, 7) is 5.91. The first-order valence-corrected chi connectivity index (χ1v) is 12.9. The Kier molecular flexibility index (Phi) is 6.93. The molecule has 0 aliphatic carbocycles. The lowest BCUT2D eigenvalue weighted by molar-refractivity contribution is -0.118. The van der Waals surface area contributed by atoms with Gasteiger partial charge in [-0.25, -0.2) is 4.98 Å². The van der Waals surface area contributed by atoms with Crippen LogP contribution in [0.15, 0.2) is 66.7 Å².